The molecule has 0 spiro atoms. The maximum Gasteiger partial charge on any atom is 0.341 e. The smallest absolute Gasteiger partial charge is 0.341 e. The molecule has 1 aromatic heterocycles. The van der Waals surface area contributed by atoms with Gasteiger partial charge in [0.05, 0.1) is 18.7 Å². The van der Waals surface area contributed by atoms with Crippen LogP contribution in [0.25, 0.3) is 10.9 Å². The molecule has 2 aromatic rings. The fourth-order valence-corrected chi connectivity index (χ4v) is 4.21. The van der Waals surface area contributed by atoms with E-state index < -0.39 is 11.4 Å². The average Bonchev–Trinajstić information content (AvgIpc) is 2.69. The third-order valence-corrected chi connectivity index (χ3v) is 5.88. The number of hydrogen-bond donors (Lipinski definition) is 2. The lowest BCUT2D eigenvalue weighted by Gasteiger charge is -2.26. The number of hydrogen-bond acceptors (Lipinski definition) is 5. The van der Waals surface area contributed by atoms with Crippen molar-refractivity contribution in [1.29, 1.82) is 5.41 Å². The van der Waals surface area contributed by atoms with E-state index in [9.17, 15) is 14.7 Å². The van der Waals surface area contributed by atoms with Gasteiger partial charge in [0.15, 0.2) is 0 Å². The van der Waals surface area contributed by atoms with Crippen LogP contribution in [0.15, 0.2) is 29.2 Å². The monoisotopic (exact) mass is 511 g/mol. The van der Waals surface area contributed by atoms with E-state index in [-0.39, 0.29) is 11.5 Å². The zero-order valence-electron chi connectivity index (χ0n) is 16.5. The van der Waals surface area contributed by atoms with Gasteiger partial charge >= 0.3 is 5.97 Å². The van der Waals surface area contributed by atoms with Gasteiger partial charge in [0, 0.05) is 47.0 Å². The third-order valence-electron chi connectivity index (χ3n) is 5.21. The number of aromatic nitrogens is 1. The molecular weight excluding hydrogens is 485 g/mol. The lowest BCUT2D eigenvalue weighted by molar-refractivity contribution is 0.0391. The molecule has 0 saturated carbocycles. The van der Waals surface area contributed by atoms with Crippen molar-refractivity contribution in [2.24, 2.45) is 5.92 Å². The third kappa shape index (κ3) is 5.64. The van der Waals surface area contributed by atoms with Gasteiger partial charge in [-0.05, 0) is 59.5 Å². The summed E-state index contributed by atoms with van der Waals surface area (Å²) in [6.45, 7) is 6.84. The van der Waals surface area contributed by atoms with Crippen molar-refractivity contribution in [3.8, 4) is 0 Å². The maximum absolute atomic E-state index is 12.5. The number of carboxylic acid groups (broad SMARTS) is 1. The second-order valence-corrected chi connectivity index (χ2v) is 8.85. The minimum atomic E-state index is -1.21. The molecule has 3 rings (SSSR count). The van der Waals surface area contributed by atoms with Crippen LogP contribution in [0, 0.1) is 14.9 Å². The Balaban J connectivity index is 1.71. The molecule has 0 amide bonds. The van der Waals surface area contributed by atoms with Crippen LogP contribution in [0.3, 0.4) is 0 Å². The Hall–Kier alpha value is -1.78. The molecule has 2 heterocycles. The molecule has 1 unspecified atom stereocenters. The van der Waals surface area contributed by atoms with Crippen molar-refractivity contribution >= 4 is 45.2 Å². The molecule has 8 heteroatoms. The summed E-state index contributed by atoms with van der Waals surface area (Å²) in [5, 5.41) is 18.2. The minimum Gasteiger partial charge on any atom is -0.477 e. The van der Waals surface area contributed by atoms with E-state index in [0.717, 1.165) is 48.4 Å². The van der Waals surface area contributed by atoms with Gasteiger partial charge in [-0.3, -0.25) is 9.69 Å². The number of ether oxygens (including phenoxy) is 1. The normalized spacial score (nSPS) is 16.1. The Bertz CT molecular complexity index is 966. The molecule has 1 aromatic carbocycles. The number of carboxylic acids is 1. The summed E-state index contributed by atoms with van der Waals surface area (Å²) in [5.41, 5.74) is 0.761. The van der Waals surface area contributed by atoms with E-state index in [1.54, 1.807) is 6.07 Å². The van der Waals surface area contributed by atoms with Crippen molar-refractivity contribution in [1.82, 2.24) is 9.47 Å². The quantitative estimate of drug-likeness (QED) is 0.420. The fraction of sp³-hybridized carbons (Fsp3) is 0.476. The van der Waals surface area contributed by atoms with Crippen LogP contribution in [-0.4, -0.2) is 59.1 Å². The number of halogens is 1. The van der Waals surface area contributed by atoms with Crippen LogP contribution in [0.1, 0.15) is 30.1 Å². The first-order valence-corrected chi connectivity index (χ1v) is 10.9. The van der Waals surface area contributed by atoms with Gasteiger partial charge in [0.25, 0.3) is 0 Å². The predicted octanol–water partition coefficient (Wildman–Crippen LogP) is 3.07. The number of nitrogens with one attached hydrogen (secondary N) is 1. The lowest BCUT2D eigenvalue weighted by Crippen LogP contribution is -2.37. The van der Waals surface area contributed by atoms with Gasteiger partial charge in [0.1, 0.15) is 5.56 Å². The standard InChI is InChI=1S/C21H26IN3O4/c1-14(10-16(23)4-5-24-6-8-29-9-7-24)12-25-13-18(21(27)28)20(26)17-11-15(22)2-3-19(17)25/h2-3,11,13-14,23H,4-10,12H2,1H3,(H,27,28). The van der Waals surface area contributed by atoms with E-state index in [4.69, 9.17) is 10.1 Å². The van der Waals surface area contributed by atoms with E-state index in [1.807, 2.05) is 16.7 Å². The van der Waals surface area contributed by atoms with E-state index in [1.165, 1.54) is 6.20 Å². The summed E-state index contributed by atoms with van der Waals surface area (Å²) in [4.78, 5) is 26.4. The van der Waals surface area contributed by atoms with Crippen LogP contribution in [0.4, 0.5) is 0 Å². The van der Waals surface area contributed by atoms with Crippen molar-refractivity contribution in [2.45, 2.75) is 26.3 Å². The van der Waals surface area contributed by atoms with Gasteiger partial charge in [0.2, 0.25) is 5.43 Å². The molecule has 29 heavy (non-hydrogen) atoms. The summed E-state index contributed by atoms with van der Waals surface area (Å²) < 4.78 is 8.08. The molecule has 7 nitrogen and oxygen atoms in total. The molecule has 156 valence electrons. The Morgan fingerprint density at radius 2 is 2.07 bits per heavy atom. The number of benzene rings is 1. The Morgan fingerprint density at radius 3 is 2.76 bits per heavy atom. The second kappa shape index (κ2) is 9.82. The predicted molar refractivity (Wildman–Crippen MR) is 121 cm³/mol. The highest BCUT2D eigenvalue weighted by Crippen LogP contribution is 2.19. The van der Waals surface area contributed by atoms with Gasteiger partial charge in [-0.2, -0.15) is 0 Å². The molecular formula is C21H26IN3O4. The zero-order chi connectivity index (χ0) is 21.0. The lowest BCUT2D eigenvalue weighted by atomic mass is 10.0. The van der Waals surface area contributed by atoms with Crippen LogP contribution in [0.5, 0.6) is 0 Å². The Labute approximate surface area is 183 Å². The summed E-state index contributed by atoms with van der Waals surface area (Å²) in [7, 11) is 0. The van der Waals surface area contributed by atoms with Crippen LogP contribution in [0.2, 0.25) is 0 Å². The Morgan fingerprint density at radius 1 is 1.34 bits per heavy atom. The number of fused-ring (bicyclic) bond motifs is 1. The summed E-state index contributed by atoms with van der Waals surface area (Å²) in [6.07, 6.45) is 2.81. The molecule has 2 N–H and O–H groups in total. The van der Waals surface area contributed by atoms with Gasteiger partial charge in [-0.25, -0.2) is 4.79 Å². The molecule has 1 aliphatic rings. The van der Waals surface area contributed by atoms with Crippen molar-refractivity contribution < 1.29 is 14.6 Å². The highest BCUT2D eigenvalue weighted by molar-refractivity contribution is 14.1. The molecule has 0 aliphatic carbocycles. The van der Waals surface area contributed by atoms with Crippen molar-refractivity contribution in [3.05, 3.63) is 43.8 Å². The molecule has 1 atom stereocenters. The van der Waals surface area contributed by atoms with Crippen LogP contribution < -0.4 is 5.43 Å². The van der Waals surface area contributed by atoms with Gasteiger partial charge in [-0.1, -0.05) is 6.92 Å². The fourth-order valence-electron chi connectivity index (χ4n) is 3.71. The average molecular weight is 511 g/mol. The summed E-state index contributed by atoms with van der Waals surface area (Å²) in [5.74, 6) is -1.06. The number of rotatable bonds is 8. The van der Waals surface area contributed by atoms with E-state index >= 15 is 0 Å². The maximum atomic E-state index is 12.5. The number of morpholine rings is 1. The number of nitrogens with zero attached hydrogens (tertiary/aromatic N) is 2. The summed E-state index contributed by atoms with van der Waals surface area (Å²) in [6, 6.07) is 5.51. The van der Waals surface area contributed by atoms with Gasteiger partial charge in [-0.15, -0.1) is 0 Å². The molecule has 0 radical (unpaired) electrons. The van der Waals surface area contributed by atoms with Crippen molar-refractivity contribution in [3.63, 3.8) is 0 Å². The summed E-state index contributed by atoms with van der Waals surface area (Å²) >= 11 is 2.12. The highest BCUT2D eigenvalue weighted by Gasteiger charge is 2.17. The topological polar surface area (TPSA) is 95.6 Å². The number of carbonyl (C=O) groups is 1. The number of aromatic carboxylic acids is 1. The van der Waals surface area contributed by atoms with E-state index in [2.05, 4.69) is 34.4 Å². The van der Waals surface area contributed by atoms with Crippen LogP contribution in [-0.2, 0) is 11.3 Å². The van der Waals surface area contributed by atoms with E-state index in [0.29, 0.717) is 24.1 Å². The first-order valence-electron chi connectivity index (χ1n) is 9.77. The highest BCUT2D eigenvalue weighted by atomic mass is 127. The minimum absolute atomic E-state index is 0.152. The first kappa shape index (κ1) is 21.9. The largest absolute Gasteiger partial charge is 0.477 e. The second-order valence-electron chi connectivity index (χ2n) is 7.61. The zero-order valence-corrected chi connectivity index (χ0v) is 18.6. The molecule has 1 aliphatic heterocycles. The van der Waals surface area contributed by atoms with Crippen molar-refractivity contribution in [2.75, 3.05) is 32.8 Å². The molecule has 0 bridgehead atoms. The van der Waals surface area contributed by atoms with Crippen LogP contribution >= 0.6 is 22.6 Å². The molecule has 1 fully saturated rings. The van der Waals surface area contributed by atoms with Gasteiger partial charge < -0.3 is 19.8 Å². The SMILES string of the molecule is CC(CC(=N)CCN1CCOCC1)Cn1cc(C(=O)O)c(=O)c2cc(I)ccc21. The first-order chi connectivity index (χ1) is 13.8. The molecule has 1 saturated heterocycles. The Kier molecular flexibility index (Phi) is 7.42. The number of pyridine rings is 1.